The molecule has 156 valence electrons. The third kappa shape index (κ3) is 8.14. The van der Waals surface area contributed by atoms with Crippen molar-refractivity contribution < 1.29 is 24.9 Å². The van der Waals surface area contributed by atoms with Gasteiger partial charge in [-0.1, -0.05) is 51.2 Å². The Bertz CT molecular complexity index is 483. The number of carbonyl (C=O) groups is 2. The summed E-state index contributed by atoms with van der Waals surface area (Å²) >= 11 is 0. The van der Waals surface area contributed by atoms with E-state index in [2.05, 4.69) is 19.1 Å². The molecule has 0 amide bonds. The molecule has 0 aromatic rings. The van der Waals surface area contributed by atoms with Crippen molar-refractivity contribution in [1.82, 2.24) is 0 Å². The van der Waals surface area contributed by atoms with Crippen LogP contribution in [0.25, 0.3) is 0 Å². The number of carboxylic acid groups (broad SMARTS) is 1. The highest BCUT2D eigenvalue weighted by atomic mass is 16.4. The zero-order chi connectivity index (χ0) is 20.3. The van der Waals surface area contributed by atoms with E-state index >= 15 is 0 Å². The molecule has 1 fully saturated rings. The highest BCUT2D eigenvalue weighted by Crippen LogP contribution is 2.38. The van der Waals surface area contributed by atoms with Gasteiger partial charge in [0.1, 0.15) is 5.78 Å². The number of aliphatic hydroxyl groups is 2. The van der Waals surface area contributed by atoms with E-state index in [1.807, 2.05) is 0 Å². The van der Waals surface area contributed by atoms with E-state index in [-0.39, 0.29) is 36.6 Å². The number of carboxylic acids is 1. The maximum atomic E-state index is 12.4. The summed E-state index contributed by atoms with van der Waals surface area (Å²) in [7, 11) is 0. The largest absolute Gasteiger partial charge is 0.479 e. The Hall–Kier alpha value is -1.20. The summed E-state index contributed by atoms with van der Waals surface area (Å²) in [5, 5.41) is 28.3. The fourth-order valence-electron chi connectivity index (χ4n) is 3.98. The molecule has 1 saturated carbocycles. The summed E-state index contributed by atoms with van der Waals surface area (Å²) in [5.41, 5.74) is -1.67. The van der Waals surface area contributed by atoms with Crippen LogP contribution in [-0.4, -0.2) is 39.3 Å². The molecule has 0 saturated heterocycles. The molecule has 27 heavy (non-hydrogen) atoms. The van der Waals surface area contributed by atoms with Crippen LogP contribution in [0, 0.1) is 17.8 Å². The summed E-state index contributed by atoms with van der Waals surface area (Å²) in [5.74, 6) is -0.831. The Labute approximate surface area is 163 Å². The number of aliphatic hydroxyl groups excluding tert-OH is 1. The van der Waals surface area contributed by atoms with Crippen LogP contribution in [0.3, 0.4) is 0 Å². The predicted octanol–water partition coefficient (Wildman–Crippen LogP) is 4.11. The molecular formula is C22H38O5. The average molecular weight is 383 g/mol. The number of rotatable bonds is 14. The highest BCUT2D eigenvalue weighted by Gasteiger charge is 2.39. The maximum absolute atomic E-state index is 12.4. The van der Waals surface area contributed by atoms with Crippen molar-refractivity contribution >= 4 is 11.8 Å². The zero-order valence-corrected chi connectivity index (χ0v) is 17.0. The van der Waals surface area contributed by atoms with E-state index in [1.165, 1.54) is 32.6 Å². The molecule has 1 unspecified atom stereocenters. The molecule has 1 rings (SSSR count). The lowest BCUT2D eigenvalue weighted by molar-refractivity contribution is -0.157. The fraction of sp³-hybridized carbons (Fsp3) is 0.818. The molecule has 3 N–H and O–H groups in total. The van der Waals surface area contributed by atoms with E-state index in [0.717, 1.165) is 25.7 Å². The minimum atomic E-state index is -1.67. The first-order valence-electron chi connectivity index (χ1n) is 10.6. The maximum Gasteiger partial charge on any atom is 0.335 e. The van der Waals surface area contributed by atoms with Gasteiger partial charge in [-0.3, -0.25) is 4.79 Å². The van der Waals surface area contributed by atoms with Gasteiger partial charge in [0.2, 0.25) is 0 Å². The van der Waals surface area contributed by atoms with E-state index in [0.29, 0.717) is 12.8 Å². The molecule has 4 atom stereocenters. The molecular weight excluding hydrogens is 344 g/mol. The Kier molecular flexibility index (Phi) is 10.9. The second kappa shape index (κ2) is 12.3. The molecule has 0 radical (unpaired) electrons. The van der Waals surface area contributed by atoms with E-state index in [4.69, 9.17) is 5.11 Å². The SMILES string of the molecule is CCCCCCC=C[C@H]1[C@H](CO)CC(=O)[C@@H]1CCCCCC(C)(O)C(=O)O. The number of ketones is 1. The first kappa shape index (κ1) is 23.8. The van der Waals surface area contributed by atoms with Crippen LogP contribution in [0.5, 0.6) is 0 Å². The van der Waals surface area contributed by atoms with Gasteiger partial charge in [-0.05, 0) is 50.9 Å². The van der Waals surface area contributed by atoms with Crippen molar-refractivity contribution in [3.8, 4) is 0 Å². The minimum Gasteiger partial charge on any atom is -0.479 e. The van der Waals surface area contributed by atoms with Crippen molar-refractivity contribution in [3.05, 3.63) is 12.2 Å². The first-order chi connectivity index (χ1) is 12.8. The third-order valence-electron chi connectivity index (χ3n) is 5.84. The Morgan fingerprint density at radius 1 is 1.19 bits per heavy atom. The molecule has 1 aliphatic rings. The van der Waals surface area contributed by atoms with Crippen LogP contribution in [0.2, 0.25) is 0 Å². The summed E-state index contributed by atoms with van der Waals surface area (Å²) in [6, 6.07) is 0. The highest BCUT2D eigenvalue weighted by molar-refractivity contribution is 5.84. The minimum absolute atomic E-state index is 0.0298. The second-order valence-corrected chi connectivity index (χ2v) is 8.25. The summed E-state index contributed by atoms with van der Waals surface area (Å²) in [6.45, 7) is 3.57. The van der Waals surface area contributed by atoms with Crippen LogP contribution < -0.4 is 0 Å². The number of hydrogen-bond acceptors (Lipinski definition) is 4. The number of allylic oxidation sites excluding steroid dienone is 2. The smallest absolute Gasteiger partial charge is 0.335 e. The Morgan fingerprint density at radius 3 is 2.52 bits per heavy atom. The van der Waals surface area contributed by atoms with Crippen molar-refractivity contribution in [2.45, 2.75) is 90.1 Å². The number of carbonyl (C=O) groups excluding carboxylic acids is 1. The normalized spacial score (nSPS) is 25.2. The quantitative estimate of drug-likeness (QED) is 0.310. The number of hydrogen-bond donors (Lipinski definition) is 3. The van der Waals surface area contributed by atoms with E-state index in [1.54, 1.807) is 0 Å². The number of Topliss-reactive ketones (excluding diaryl/α,β-unsaturated/α-hetero) is 1. The van der Waals surface area contributed by atoms with Crippen LogP contribution in [-0.2, 0) is 9.59 Å². The Morgan fingerprint density at radius 2 is 1.89 bits per heavy atom. The van der Waals surface area contributed by atoms with Crippen LogP contribution in [0.1, 0.15) is 84.5 Å². The van der Waals surface area contributed by atoms with Crippen molar-refractivity contribution in [3.63, 3.8) is 0 Å². The van der Waals surface area contributed by atoms with Crippen LogP contribution in [0.15, 0.2) is 12.2 Å². The van der Waals surface area contributed by atoms with Gasteiger partial charge < -0.3 is 15.3 Å². The van der Waals surface area contributed by atoms with Gasteiger partial charge in [-0.15, -0.1) is 0 Å². The van der Waals surface area contributed by atoms with Gasteiger partial charge in [-0.25, -0.2) is 4.79 Å². The molecule has 5 heteroatoms. The monoisotopic (exact) mass is 382 g/mol. The summed E-state index contributed by atoms with van der Waals surface area (Å²) in [6.07, 6.45) is 14.0. The average Bonchev–Trinajstić information content (AvgIpc) is 2.92. The molecule has 0 bridgehead atoms. The van der Waals surface area contributed by atoms with Gasteiger partial charge in [0.25, 0.3) is 0 Å². The molecule has 0 aliphatic heterocycles. The lowest BCUT2D eigenvalue weighted by Gasteiger charge is -2.20. The topological polar surface area (TPSA) is 94.8 Å². The molecule has 5 nitrogen and oxygen atoms in total. The first-order valence-corrected chi connectivity index (χ1v) is 10.6. The molecule has 0 aromatic carbocycles. The van der Waals surface area contributed by atoms with Crippen molar-refractivity contribution in [2.75, 3.05) is 6.61 Å². The standard InChI is InChI=1S/C22H38O5/c1-3-4-5-6-7-9-12-18-17(16-23)15-20(24)19(18)13-10-8-11-14-22(2,27)21(25)26/h9,12,17-19,23,27H,3-8,10-11,13-16H2,1-2H3,(H,25,26)/t17-,18-,19+,22?/m0/s1. The van der Waals surface area contributed by atoms with Crippen molar-refractivity contribution in [1.29, 1.82) is 0 Å². The Balaban J connectivity index is 2.44. The van der Waals surface area contributed by atoms with Gasteiger partial charge in [0.15, 0.2) is 5.60 Å². The molecule has 0 heterocycles. The lowest BCUT2D eigenvalue weighted by atomic mass is 9.85. The second-order valence-electron chi connectivity index (χ2n) is 8.25. The molecule has 1 aliphatic carbocycles. The van der Waals surface area contributed by atoms with Crippen LogP contribution in [0.4, 0.5) is 0 Å². The van der Waals surface area contributed by atoms with E-state index in [9.17, 15) is 19.8 Å². The van der Waals surface area contributed by atoms with Gasteiger partial charge >= 0.3 is 5.97 Å². The van der Waals surface area contributed by atoms with Gasteiger partial charge in [0, 0.05) is 18.9 Å². The van der Waals surface area contributed by atoms with Gasteiger partial charge in [0.05, 0.1) is 0 Å². The third-order valence-corrected chi connectivity index (χ3v) is 5.84. The number of aliphatic carboxylic acids is 1. The van der Waals surface area contributed by atoms with Crippen molar-refractivity contribution in [2.24, 2.45) is 17.8 Å². The van der Waals surface area contributed by atoms with E-state index < -0.39 is 11.6 Å². The molecule has 0 aromatic heterocycles. The number of unbranched alkanes of at least 4 members (excludes halogenated alkanes) is 6. The predicted molar refractivity (Wildman–Crippen MR) is 106 cm³/mol. The summed E-state index contributed by atoms with van der Waals surface area (Å²) in [4.78, 5) is 23.3. The van der Waals surface area contributed by atoms with Gasteiger partial charge in [-0.2, -0.15) is 0 Å². The zero-order valence-electron chi connectivity index (χ0n) is 17.0. The van der Waals surface area contributed by atoms with Crippen LogP contribution >= 0.6 is 0 Å². The molecule has 0 spiro atoms. The summed E-state index contributed by atoms with van der Waals surface area (Å²) < 4.78 is 0. The lowest BCUT2D eigenvalue weighted by Crippen LogP contribution is -2.34. The fourth-order valence-corrected chi connectivity index (χ4v) is 3.98.